The van der Waals surface area contributed by atoms with E-state index in [0.29, 0.717) is 6.08 Å². The number of hydrogen-bond acceptors (Lipinski definition) is 2. The predicted octanol–water partition coefficient (Wildman–Crippen LogP) is 8.25. The second-order valence-corrected chi connectivity index (χ2v) is 8.87. The number of carbonyl (C=O) groups is 2. The van der Waals surface area contributed by atoms with Crippen molar-refractivity contribution in [2.75, 3.05) is 6.54 Å². The Kier molecular flexibility index (Phi) is 9.84. The lowest BCUT2D eigenvalue weighted by atomic mass is 9.95. The fraction of sp³-hybridized carbons (Fsp3) is 0.304. The molecule has 36 heavy (non-hydrogen) atoms. The lowest BCUT2D eigenvalue weighted by Crippen LogP contribution is -2.33. The van der Waals surface area contributed by atoms with Gasteiger partial charge in [0.05, 0.1) is 15.1 Å². The smallest absolute Gasteiger partial charge is 0.347 e. The summed E-state index contributed by atoms with van der Waals surface area (Å²) in [7, 11) is 0. The van der Waals surface area contributed by atoms with Crippen LogP contribution < -0.4 is 5.32 Å². The molecule has 2 aromatic rings. The molecule has 1 unspecified atom stereocenters. The zero-order valence-electron chi connectivity index (χ0n) is 18.3. The highest BCUT2D eigenvalue weighted by Crippen LogP contribution is 2.42. The SMILES string of the molecule is Cc1cc(/C(F)=C/C(c2cc(Cl)c(Cl)c(Cl)c2)C(F)(F)F)ccc1C(=O)CCC(=O)NCC(F)(F)F. The molecule has 2 aromatic carbocycles. The largest absolute Gasteiger partial charge is 0.405 e. The molecular formula is C23H17Cl3F7NO2. The second kappa shape index (κ2) is 11.8. The molecule has 0 radical (unpaired) electrons. The summed E-state index contributed by atoms with van der Waals surface area (Å²) < 4.78 is 92.3. The van der Waals surface area contributed by atoms with Crippen LogP contribution >= 0.6 is 34.8 Å². The third kappa shape index (κ3) is 8.38. The van der Waals surface area contributed by atoms with E-state index in [-0.39, 0.29) is 31.8 Å². The Morgan fingerprint density at radius 2 is 1.56 bits per heavy atom. The van der Waals surface area contributed by atoms with E-state index in [1.807, 2.05) is 0 Å². The molecule has 1 N–H and O–H groups in total. The standard InChI is InChI=1S/C23H17Cl3F7NO2/c1-11-6-12(2-3-14(11)19(35)4-5-20(36)34-10-22(28,29)30)18(27)9-15(23(31,32)33)13-7-16(24)21(26)17(25)8-13/h2-3,6-9,15H,4-5,10H2,1H3,(H,34,36)/b18-9-. The number of rotatable bonds is 8. The van der Waals surface area contributed by atoms with Crippen LogP contribution in [0, 0.1) is 6.92 Å². The van der Waals surface area contributed by atoms with Gasteiger partial charge in [-0.1, -0.05) is 46.9 Å². The van der Waals surface area contributed by atoms with Gasteiger partial charge in [0, 0.05) is 24.0 Å². The van der Waals surface area contributed by atoms with Gasteiger partial charge in [0.1, 0.15) is 18.3 Å². The zero-order valence-corrected chi connectivity index (χ0v) is 20.5. The van der Waals surface area contributed by atoms with Crippen molar-refractivity contribution in [2.24, 2.45) is 0 Å². The lowest BCUT2D eigenvalue weighted by Gasteiger charge is -2.19. The highest BCUT2D eigenvalue weighted by atomic mass is 35.5. The maximum absolute atomic E-state index is 14.9. The average Bonchev–Trinajstić information content (AvgIpc) is 2.76. The van der Waals surface area contributed by atoms with E-state index in [1.54, 1.807) is 5.32 Å². The number of hydrogen-bond donors (Lipinski definition) is 1. The number of halogens is 10. The number of Topliss-reactive ketones (excluding diaryl/α,β-unsaturated/α-hetero) is 1. The molecule has 0 saturated heterocycles. The summed E-state index contributed by atoms with van der Waals surface area (Å²) >= 11 is 17.4. The summed E-state index contributed by atoms with van der Waals surface area (Å²) in [5.74, 6) is -5.25. The van der Waals surface area contributed by atoms with Crippen LogP contribution in [0.25, 0.3) is 5.83 Å². The zero-order chi connectivity index (χ0) is 27.4. The van der Waals surface area contributed by atoms with Crippen molar-refractivity contribution in [2.45, 2.75) is 38.0 Å². The summed E-state index contributed by atoms with van der Waals surface area (Å²) in [5, 5.41) is 0.996. The molecule has 1 amide bonds. The summed E-state index contributed by atoms with van der Waals surface area (Å²) in [6, 6.07) is 5.22. The van der Waals surface area contributed by atoms with Crippen LogP contribution in [-0.2, 0) is 4.79 Å². The van der Waals surface area contributed by atoms with Crippen molar-refractivity contribution in [3.8, 4) is 0 Å². The second-order valence-electron chi connectivity index (χ2n) is 7.68. The Balaban J connectivity index is 2.23. The van der Waals surface area contributed by atoms with Gasteiger partial charge < -0.3 is 5.32 Å². The molecule has 13 heteroatoms. The first-order chi connectivity index (χ1) is 16.5. The minimum atomic E-state index is -4.91. The number of aryl methyl sites for hydroxylation is 1. The molecule has 0 heterocycles. The Bertz CT molecular complexity index is 1150. The van der Waals surface area contributed by atoms with Crippen LogP contribution in [0.1, 0.15) is 45.8 Å². The van der Waals surface area contributed by atoms with E-state index in [2.05, 4.69) is 0 Å². The first-order valence-corrected chi connectivity index (χ1v) is 11.2. The Labute approximate surface area is 216 Å². The molecule has 2 rings (SSSR count). The normalized spacial score (nSPS) is 13.5. The number of carbonyl (C=O) groups excluding carboxylic acids is 2. The molecule has 0 aliphatic heterocycles. The van der Waals surface area contributed by atoms with Gasteiger partial charge >= 0.3 is 12.4 Å². The van der Waals surface area contributed by atoms with E-state index in [4.69, 9.17) is 34.8 Å². The summed E-state index contributed by atoms with van der Waals surface area (Å²) in [4.78, 5) is 23.8. The van der Waals surface area contributed by atoms with Crippen molar-refractivity contribution >= 4 is 52.3 Å². The lowest BCUT2D eigenvalue weighted by molar-refractivity contribution is -0.139. The topological polar surface area (TPSA) is 46.2 Å². The fourth-order valence-electron chi connectivity index (χ4n) is 3.15. The van der Waals surface area contributed by atoms with Gasteiger partial charge in [-0.2, -0.15) is 26.3 Å². The molecule has 1 atom stereocenters. The first-order valence-electron chi connectivity index (χ1n) is 10.1. The fourth-order valence-corrected chi connectivity index (χ4v) is 3.76. The highest BCUT2D eigenvalue weighted by Gasteiger charge is 2.40. The van der Waals surface area contributed by atoms with Gasteiger partial charge in [0.25, 0.3) is 0 Å². The average molecular weight is 579 g/mol. The van der Waals surface area contributed by atoms with Gasteiger partial charge in [-0.3, -0.25) is 9.59 Å². The number of benzene rings is 2. The van der Waals surface area contributed by atoms with Gasteiger partial charge in [-0.25, -0.2) is 4.39 Å². The van der Waals surface area contributed by atoms with Crippen molar-refractivity contribution in [1.82, 2.24) is 5.32 Å². The van der Waals surface area contributed by atoms with E-state index in [1.165, 1.54) is 6.92 Å². The molecule has 3 nitrogen and oxygen atoms in total. The van der Waals surface area contributed by atoms with Crippen molar-refractivity contribution in [3.05, 3.63) is 73.7 Å². The summed E-state index contributed by atoms with van der Waals surface area (Å²) in [6.45, 7) is -0.138. The van der Waals surface area contributed by atoms with Crippen LogP contribution in [0.4, 0.5) is 30.7 Å². The Hall–Kier alpha value is -2.30. The van der Waals surface area contributed by atoms with Gasteiger partial charge in [0.2, 0.25) is 5.91 Å². The van der Waals surface area contributed by atoms with Crippen LogP contribution in [-0.4, -0.2) is 30.6 Å². The molecule has 0 aromatic heterocycles. The van der Waals surface area contributed by atoms with E-state index in [0.717, 1.165) is 30.3 Å². The van der Waals surface area contributed by atoms with Gasteiger partial charge in [0.15, 0.2) is 5.78 Å². The molecule has 0 fully saturated rings. The van der Waals surface area contributed by atoms with Crippen molar-refractivity contribution in [3.63, 3.8) is 0 Å². The molecule has 196 valence electrons. The van der Waals surface area contributed by atoms with Crippen LogP contribution in [0.3, 0.4) is 0 Å². The summed E-state index contributed by atoms with van der Waals surface area (Å²) in [5.41, 5.74) is -0.464. The minimum absolute atomic E-state index is 0.0406. The molecule has 0 spiro atoms. The molecule has 0 aliphatic carbocycles. The number of amides is 1. The number of ketones is 1. The quantitative estimate of drug-likeness (QED) is 0.195. The number of allylic oxidation sites excluding steroid dienone is 1. The Morgan fingerprint density at radius 3 is 2.06 bits per heavy atom. The van der Waals surface area contributed by atoms with Crippen molar-refractivity contribution < 1.29 is 40.3 Å². The highest BCUT2D eigenvalue weighted by molar-refractivity contribution is 6.48. The maximum atomic E-state index is 14.9. The number of alkyl halides is 6. The maximum Gasteiger partial charge on any atom is 0.405 e. The van der Waals surface area contributed by atoms with Crippen LogP contribution in [0.15, 0.2) is 36.4 Å². The molecule has 0 aliphatic rings. The van der Waals surface area contributed by atoms with Gasteiger partial charge in [-0.15, -0.1) is 0 Å². The molecular weight excluding hydrogens is 562 g/mol. The van der Waals surface area contributed by atoms with Gasteiger partial charge in [-0.05, 0) is 42.3 Å². The van der Waals surface area contributed by atoms with Crippen LogP contribution in [0.2, 0.25) is 15.1 Å². The van der Waals surface area contributed by atoms with E-state index < -0.39 is 60.7 Å². The molecule has 0 saturated carbocycles. The van der Waals surface area contributed by atoms with Crippen LogP contribution in [0.5, 0.6) is 0 Å². The monoisotopic (exact) mass is 577 g/mol. The first kappa shape index (κ1) is 29.9. The predicted molar refractivity (Wildman–Crippen MR) is 123 cm³/mol. The van der Waals surface area contributed by atoms with Crippen molar-refractivity contribution in [1.29, 1.82) is 0 Å². The Morgan fingerprint density at radius 1 is 0.972 bits per heavy atom. The minimum Gasteiger partial charge on any atom is -0.347 e. The number of nitrogens with one attached hydrogen (secondary N) is 1. The third-order valence-corrected chi connectivity index (χ3v) is 6.10. The van der Waals surface area contributed by atoms with E-state index in [9.17, 15) is 40.3 Å². The third-order valence-electron chi connectivity index (χ3n) is 4.90. The molecule has 0 bridgehead atoms. The summed E-state index contributed by atoms with van der Waals surface area (Å²) in [6.07, 6.45) is -10.1. The van der Waals surface area contributed by atoms with E-state index >= 15 is 0 Å².